The Morgan fingerprint density at radius 3 is 2.31 bits per heavy atom. The molecule has 0 fully saturated rings. The molecule has 0 aliphatic carbocycles. The van der Waals surface area contributed by atoms with Gasteiger partial charge in [0.25, 0.3) is 11.8 Å². The molecule has 0 aliphatic rings. The zero-order valence-electron chi connectivity index (χ0n) is 14.9. The Labute approximate surface area is 163 Å². The van der Waals surface area contributed by atoms with Gasteiger partial charge in [-0.25, -0.2) is 8.78 Å². The van der Waals surface area contributed by atoms with Gasteiger partial charge in [-0.2, -0.15) is 5.10 Å². The minimum atomic E-state index is -0.444. The summed E-state index contributed by atoms with van der Waals surface area (Å²) in [5, 5.41) is 12.5. The maximum atomic E-state index is 13.3. The van der Waals surface area contributed by atoms with Crippen molar-refractivity contribution >= 4 is 34.2 Å². The molecule has 0 spiro atoms. The average Bonchev–Trinajstić information content (AvgIpc) is 3.10. The number of aromatic amines is 1. The van der Waals surface area contributed by atoms with Gasteiger partial charge in [-0.3, -0.25) is 14.7 Å². The van der Waals surface area contributed by atoms with Gasteiger partial charge in [0.05, 0.1) is 5.52 Å². The zero-order valence-corrected chi connectivity index (χ0v) is 14.9. The summed E-state index contributed by atoms with van der Waals surface area (Å²) in [5.74, 6) is -1.45. The number of halogens is 2. The van der Waals surface area contributed by atoms with Gasteiger partial charge in [0.1, 0.15) is 11.6 Å². The van der Waals surface area contributed by atoms with Crippen LogP contribution in [0.5, 0.6) is 0 Å². The van der Waals surface area contributed by atoms with Gasteiger partial charge in [-0.1, -0.05) is 6.07 Å². The monoisotopic (exact) mass is 392 g/mol. The SMILES string of the molecule is O=C(Nc1cccc(C(=O)Nc2n[nH]c3cc(F)ccc23)c1)c1ccc(F)cc1. The molecule has 3 aromatic carbocycles. The Bertz CT molecular complexity index is 1220. The second kappa shape index (κ2) is 7.51. The molecule has 0 unspecified atom stereocenters. The third-order valence-electron chi connectivity index (χ3n) is 4.25. The molecule has 0 bridgehead atoms. The number of H-pyrrole nitrogens is 1. The van der Waals surface area contributed by atoms with Crippen LogP contribution in [0.15, 0.2) is 66.7 Å². The molecule has 4 rings (SSSR count). The summed E-state index contributed by atoms with van der Waals surface area (Å²) in [6.45, 7) is 0. The topological polar surface area (TPSA) is 86.9 Å². The van der Waals surface area contributed by atoms with E-state index >= 15 is 0 Å². The first-order valence-corrected chi connectivity index (χ1v) is 8.61. The number of fused-ring (bicyclic) bond motifs is 1. The molecule has 0 radical (unpaired) electrons. The van der Waals surface area contributed by atoms with E-state index < -0.39 is 23.4 Å². The van der Waals surface area contributed by atoms with Crippen LogP contribution in [0.2, 0.25) is 0 Å². The van der Waals surface area contributed by atoms with E-state index in [0.29, 0.717) is 22.2 Å². The fourth-order valence-corrected chi connectivity index (χ4v) is 2.81. The number of nitrogens with zero attached hydrogens (tertiary/aromatic N) is 1. The maximum Gasteiger partial charge on any atom is 0.256 e. The summed E-state index contributed by atoms with van der Waals surface area (Å²) < 4.78 is 26.3. The number of rotatable bonds is 4. The van der Waals surface area contributed by atoms with Crippen LogP contribution >= 0.6 is 0 Å². The minimum absolute atomic E-state index is 0.269. The third kappa shape index (κ3) is 3.96. The van der Waals surface area contributed by atoms with Crippen molar-refractivity contribution in [2.45, 2.75) is 0 Å². The lowest BCUT2D eigenvalue weighted by Crippen LogP contribution is -2.15. The number of anilines is 2. The Morgan fingerprint density at radius 2 is 1.52 bits per heavy atom. The fraction of sp³-hybridized carbons (Fsp3) is 0. The van der Waals surface area contributed by atoms with Gasteiger partial charge < -0.3 is 10.6 Å². The van der Waals surface area contributed by atoms with E-state index in [1.54, 1.807) is 18.2 Å². The quantitative estimate of drug-likeness (QED) is 0.483. The highest BCUT2D eigenvalue weighted by atomic mass is 19.1. The van der Waals surface area contributed by atoms with Crippen molar-refractivity contribution < 1.29 is 18.4 Å². The number of aromatic nitrogens is 2. The molecule has 1 aromatic heterocycles. The van der Waals surface area contributed by atoms with Gasteiger partial charge in [-0.15, -0.1) is 0 Å². The molecule has 2 amide bonds. The summed E-state index contributed by atoms with van der Waals surface area (Å²) in [6, 6.07) is 15.5. The van der Waals surface area contributed by atoms with Gasteiger partial charge in [0.2, 0.25) is 0 Å². The van der Waals surface area contributed by atoms with Gasteiger partial charge in [0.15, 0.2) is 5.82 Å². The largest absolute Gasteiger partial charge is 0.322 e. The van der Waals surface area contributed by atoms with Crippen LogP contribution in [-0.2, 0) is 0 Å². The van der Waals surface area contributed by atoms with Crippen LogP contribution in [0.4, 0.5) is 20.3 Å². The lowest BCUT2D eigenvalue weighted by molar-refractivity contribution is 0.101. The predicted octanol–water partition coefficient (Wildman–Crippen LogP) is 4.35. The summed E-state index contributed by atoms with van der Waals surface area (Å²) >= 11 is 0. The molecular weight excluding hydrogens is 378 g/mol. The molecule has 0 atom stereocenters. The number of carbonyl (C=O) groups excluding carboxylic acids is 2. The number of carbonyl (C=O) groups is 2. The number of hydrogen-bond donors (Lipinski definition) is 3. The highest BCUT2D eigenvalue weighted by molar-refractivity contribution is 6.09. The molecule has 144 valence electrons. The predicted molar refractivity (Wildman–Crippen MR) is 105 cm³/mol. The molecule has 4 aromatic rings. The first kappa shape index (κ1) is 18.3. The molecule has 0 aliphatic heterocycles. The van der Waals surface area contributed by atoms with Crippen molar-refractivity contribution in [3.8, 4) is 0 Å². The summed E-state index contributed by atoms with van der Waals surface area (Å²) in [6.07, 6.45) is 0. The lowest BCUT2D eigenvalue weighted by Gasteiger charge is -2.08. The first-order valence-electron chi connectivity index (χ1n) is 8.61. The first-order chi connectivity index (χ1) is 14.0. The van der Waals surface area contributed by atoms with E-state index in [4.69, 9.17) is 0 Å². The standard InChI is InChI=1S/C21H14F2N4O2/c22-14-6-4-12(5-7-14)20(28)24-16-3-1-2-13(10-16)21(29)25-19-17-9-8-15(23)11-18(17)26-27-19/h1-11H,(H,24,28)(H2,25,26,27,29). The molecule has 0 saturated carbocycles. The van der Waals surface area contributed by atoms with E-state index in [-0.39, 0.29) is 11.4 Å². The van der Waals surface area contributed by atoms with Crippen LogP contribution in [0.1, 0.15) is 20.7 Å². The number of hydrogen-bond acceptors (Lipinski definition) is 3. The summed E-state index contributed by atoms with van der Waals surface area (Å²) in [5.41, 5.74) is 1.44. The van der Waals surface area contributed by atoms with Gasteiger partial charge in [0, 0.05) is 22.2 Å². The highest BCUT2D eigenvalue weighted by Crippen LogP contribution is 2.22. The summed E-state index contributed by atoms with van der Waals surface area (Å²) in [4.78, 5) is 24.8. The Hall–Kier alpha value is -4.07. The highest BCUT2D eigenvalue weighted by Gasteiger charge is 2.13. The molecule has 3 N–H and O–H groups in total. The molecule has 29 heavy (non-hydrogen) atoms. The van der Waals surface area contributed by atoms with Crippen molar-refractivity contribution in [3.05, 3.63) is 89.5 Å². The van der Waals surface area contributed by atoms with Gasteiger partial charge >= 0.3 is 0 Å². The maximum absolute atomic E-state index is 13.3. The van der Waals surface area contributed by atoms with Crippen molar-refractivity contribution in [2.24, 2.45) is 0 Å². The third-order valence-corrected chi connectivity index (χ3v) is 4.25. The van der Waals surface area contributed by atoms with Crippen molar-refractivity contribution in [1.82, 2.24) is 10.2 Å². The Morgan fingerprint density at radius 1 is 0.793 bits per heavy atom. The smallest absolute Gasteiger partial charge is 0.256 e. The van der Waals surface area contributed by atoms with Crippen LogP contribution in [0.3, 0.4) is 0 Å². The number of amides is 2. The normalized spacial score (nSPS) is 10.7. The number of benzene rings is 3. The minimum Gasteiger partial charge on any atom is -0.322 e. The molecule has 0 saturated heterocycles. The number of nitrogens with one attached hydrogen (secondary N) is 3. The Kier molecular flexibility index (Phi) is 4.74. The zero-order chi connectivity index (χ0) is 20.4. The van der Waals surface area contributed by atoms with Gasteiger partial charge in [-0.05, 0) is 60.7 Å². The van der Waals surface area contributed by atoms with Crippen molar-refractivity contribution in [1.29, 1.82) is 0 Å². The molecule has 8 heteroatoms. The van der Waals surface area contributed by atoms with Crippen LogP contribution in [0.25, 0.3) is 10.9 Å². The van der Waals surface area contributed by atoms with Crippen LogP contribution in [-0.4, -0.2) is 22.0 Å². The average molecular weight is 392 g/mol. The van der Waals surface area contributed by atoms with E-state index in [1.807, 2.05) is 0 Å². The second-order valence-corrected chi connectivity index (χ2v) is 6.26. The van der Waals surface area contributed by atoms with Crippen LogP contribution in [0, 0.1) is 11.6 Å². The van der Waals surface area contributed by atoms with Crippen LogP contribution < -0.4 is 10.6 Å². The second-order valence-electron chi connectivity index (χ2n) is 6.26. The van der Waals surface area contributed by atoms with E-state index in [1.165, 1.54) is 48.5 Å². The lowest BCUT2D eigenvalue weighted by atomic mass is 10.1. The van der Waals surface area contributed by atoms with E-state index in [0.717, 1.165) is 0 Å². The Balaban J connectivity index is 1.51. The molecule has 1 heterocycles. The van der Waals surface area contributed by atoms with E-state index in [2.05, 4.69) is 20.8 Å². The summed E-state index contributed by atoms with van der Waals surface area (Å²) in [7, 11) is 0. The van der Waals surface area contributed by atoms with Crippen molar-refractivity contribution in [3.63, 3.8) is 0 Å². The molecule has 6 nitrogen and oxygen atoms in total. The van der Waals surface area contributed by atoms with E-state index in [9.17, 15) is 18.4 Å². The fourth-order valence-electron chi connectivity index (χ4n) is 2.81. The van der Waals surface area contributed by atoms with Crippen molar-refractivity contribution in [2.75, 3.05) is 10.6 Å². The molecular formula is C21H14F2N4O2.